The molecule has 24 heavy (non-hydrogen) atoms. The summed E-state index contributed by atoms with van der Waals surface area (Å²) in [5.41, 5.74) is 3.70. The molecule has 4 nitrogen and oxygen atoms in total. The van der Waals surface area contributed by atoms with E-state index in [0.29, 0.717) is 5.69 Å². The van der Waals surface area contributed by atoms with Crippen LogP contribution in [0.2, 0.25) is 0 Å². The highest BCUT2D eigenvalue weighted by Gasteiger charge is 2.11. The minimum absolute atomic E-state index is 0.0689. The summed E-state index contributed by atoms with van der Waals surface area (Å²) in [5, 5.41) is 15.2. The summed E-state index contributed by atoms with van der Waals surface area (Å²) in [6.07, 6.45) is 1.60. The number of nitriles is 1. The van der Waals surface area contributed by atoms with Crippen molar-refractivity contribution in [1.29, 1.82) is 5.26 Å². The summed E-state index contributed by atoms with van der Waals surface area (Å²) < 4.78 is 2.06. The molecule has 1 amide bonds. The summed E-state index contributed by atoms with van der Waals surface area (Å²) in [6, 6.07) is 13.3. The topological polar surface area (TPSA) is 64.9 Å². The van der Waals surface area contributed by atoms with Crippen molar-refractivity contribution in [2.45, 2.75) is 6.92 Å². The Kier molecular flexibility index (Phi) is 6.62. The van der Waals surface area contributed by atoms with Gasteiger partial charge in [-0.05, 0) is 88.0 Å². The van der Waals surface area contributed by atoms with Crippen LogP contribution in [0.15, 0.2) is 42.0 Å². The van der Waals surface area contributed by atoms with Gasteiger partial charge in [0.2, 0.25) is 0 Å². The summed E-state index contributed by atoms with van der Waals surface area (Å²) in [4.78, 5) is 12.3. The number of nitrogens with one attached hydrogen (secondary N) is 2. The number of amides is 1. The van der Waals surface area contributed by atoms with Crippen molar-refractivity contribution in [2.24, 2.45) is 0 Å². The Morgan fingerprint density at radius 1 is 1.17 bits per heavy atom. The predicted octanol–water partition coefficient (Wildman–Crippen LogP) is 4.79. The number of nitrogens with zero attached hydrogens (tertiary/aromatic N) is 1. The number of carbonyl (C=O) groups excluding carboxylic acids is 1. The molecule has 2 rings (SSSR count). The average molecular weight is 543 g/mol. The zero-order valence-corrected chi connectivity index (χ0v) is 17.5. The maximum absolute atomic E-state index is 12.3. The fraction of sp³-hybridized carbons (Fsp3) is 0.111. The van der Waals surface area contributed by atoms with Crippen LogP contribution in [0.4, 0.5) is 11.4 Å². The Bertz CT molecular complexity index is 813. The zero-order chi connectivity index (χ0) is 17.7. The first-order valence-electron chi connectivity index (χ1n) is 7.11. The number of hydrogen-bond acceptors (Lipinski definition) is 3. The third kappa shape index (κ3) is 4.70. The largest absolute Gasteiger partial charge is 0.386 e. The van der Waals surface area contributed by atoms with Crippen LogP contribution < -0.4 is 10.6 Å². The molecule has 2 aromatic rings. The van der Waals surface area contributed by atoms with Gasteiger partial charge >= 0.3 is 0 Å². The Labute approximate surface area is 168 Å². The molecule has 0 aliphatic heterocycles. The van der Waals surface area contributed by atoms with Crippen LogP contribution in [-0.4, -0.2) is 13.0 Å². The smallest absolute Gasteiger partial charge is 0.266 e. The van der Waals surface area contributed by atoms with Gasteiger partial charge in [0.15, 0.2) is 0 Å². The van der Waals surface area contributed by atoms with E-state index in [1.54, 1.807) is 6.08 Å². The maximum Gasteiger partial charge on any atom is 0.266 e. The van der Waals surface area contributed by atoms with E-state index in [2.05, 4.69) is 55.8 Å². The molecular formula is C18H15I2N3O. The minimum atomic E-state index is -0.413. The van der Waals surface area contributed by atoms with Crippen molar-refractivity contribution in [2.75, 3.05) is 17.7 Å². The van der Waals surface area contributed by atoms with Gasteiger partial charge in [0.25, 0.3) is 5.91 Å². The van der Waals surface area contributed by atoms with Crippen LogP contribution in [0.5, 0.6) is 0 Å². The lowest BCUT2D eigenvalue weighted by Crippen LogP contribution is -2.13. The Morgan fingerprint density at radius 2 is 1.75 bits per heavy atom. The highest BCUT2D eigenvalue weighted by Crippen LogP contribution is 2.27. The van der Waals surface area contributed by atoms with Gasteiger partial charge in [-0.1, -0.05) is 17.7 Å². The van der Waals surface area contributed by atoms with Crippen molar-refractivity contribution in [3.63, 3.8) is 0 Å². The lowest BCUT2D eigenvalue weighted by Gasteiger charge is -2.09. The number of anilines is 2. The number of halogens is 2. The Hall–Kier alpha value is -1.60. The van der Waals surface area contributed by atoms with E-state index >= 15 is 0 Å². The molecule has 0 fully saturated rings. The van der Waals surface area contributed by atoms with Gasteiger partial charge in [-0.2, -0.15) is 5.26 Å². The van der Waals surface area contributed by atoms with Gasteiger partial charge in [0.1, 0.15) is 11.6 Å². The molecule has 122 valence electrons. The summed E-state index contributed by atoms with van der Waals surface area (Å²) in [7, 11) is 1.87. The second kappa shape index (κ2) is 8.48. The van der Waals surface area contributed by atoms with Crippen molar-refractivity contribution >= 4 is 68.5 Å². The number of carbonyl (C=O) groups is 1. The van der Waals surface area contributed by atoms with Crippen molar-refractivity contribution in [1.82, 2.24) is 0 Å². The van der Waals surface area contributed by atoms with Gasteiger partial charge in [0, 0.05) is 19.9 Å². The molecule has 0 bridgehead atoms. The zero-order valence-electron chi connectivity index (χ0n) is 13.2. The number of aryl methyl sites for hydroxylation is 1. The maximum atomic E-state index is 12.3. The summed E-state index contributed by atoms with van der Waals surface area (Å²) in [5.74, 6) is -0.413. The van der Waals surface area contributed by atoms with Crippen molar-refractivity contribution in [3.8, 4) is 6.07 Å². The van der Waals surface area contributed by atoms with Gasteiger partial charge in [0.05, 0.1) is 5.69 Å². The fourth-order valence-electron chi connectivity index (χ4n) is 2.07. The van der Waals surface area contributed by atoms with Crippen LogP contribution >= 0.6 is 45.2 Å². The first kappa shape index (κ1) is 18.7. The van der Waals surface area contributed by atoms with E-state index in [-0.39, 0.29) is 5.57 Å². The third-order valence-electron chi connectivity index (χ3n) is 3.30. The SMILES string of the molecule is CNc1c(I)cc(/C=C(/C#N)C(=O)Nc2ccc(C)cc2)cc1I. The number of benzene rings is 2. The monoisotopic (exact) mass is 543 g/mol. The average Bonchev–Trinajstić information content (AvgIpc) is 2.54. The van der Waals surface area contributed by atoms with Gasteiger partial charge < -0.3 is 10.6 Å². The van der Waals surface area contributed by atoms with Crippen LogP contribution in [0.3, 0.4) is 0 Å². The highest BCUT2D eigenvalue weighted by molar-refractivity contribution is 14.1. The van der Waals surface area contributed by atoms with E-state index in [1.165, 1.54) is 0 Å². The van der Waals surface area contributed by atoms with E-state index in [4.69, 9.17) is 0 Å². The first-order valence-corrected chi connectivity index (χ1v) is 9.27. The van der Waals surface area contributed by atoms with Crippen LogP contribution in [-0.2, 0) is 4.79 Å². The Morgan fingerprint density at radius 3 is 2.25 bits per heavy atom. The second-order valence-corrected chi connectivity index (χ2v) is 7.42. The van der Waals surface area contributed by atoms with Crippen LogP contribution in [0, 0.1) is 25.4 Å². The van der Waals surface area contributed by atoms with E-state index < -0.39 is 5.91 Å². The summed E-state index contributed by atoms with van der Waals surface area (Å²) in [6.45, 7) is 1.98. The molecule has 0 saturated heterocycles. The van der Waals surface area contributed by atoms with Crippen molar-refractivity contribution < 1.29 is 4.79 Å². The summed E-state index contributed by atoms with van der Waals surface area (Å²) >= 11 is 4.46. The van der Waals surface area contributed by atoms with E-state index in [1.807, 2.05) is 56.4 Å². The molecule has 0 saturated carbocycles. The third-order valence-corrected chi connectivity index (χ3v) is 5.00. The number of hydrogen-bond donors (Lipinski definition) is 2. The van der Waals surface area contributed by atoms with Gasteiger partial charge in [-0.3, -0.25) is 4.79 Å². The lowest BCUT2D eigenvalue weighted by molar-refractivity contribution is -0.112. The molecule has 6 heteroatoms. The second-order valence-electron chi connectivity index (χ2n) is 5.10. The molecule has 0 aliphatic rings. The molecule has 0 unspecified atom stereocenters. The molecule has 0 spiro atoms. The van der Waals surface area contributed by atoms with Crippen molar-refractivity contribution in [3.05, 3.63) is 60.2 Å². The molecule has 0 heterocycles. The standard InChI is InChI=1S/C18H15I2N3O/c1-11-3-5-14(6-4-11)23-18(24)13(10-21)7-12-8-15(19)17(22-2)16(20)9-12/h3-9,22H,1-2H3,(H,23,24)/b13-7-. The lowest BCUT2D eigenvalue weighted by atomic mass is 10.1. The first-order chi connectivity index (χ1) is 11.4. The predicted molar refractivity (Wildman–Crippen MR) is 115 cm³/mol. The molecule has 2 aromatic carbocycles. The molecule has 0 aromatic heterocycles. The molecule has 0 aliphatic carbocycles. The van der Waals surface area contributed by atoms with E-state index in [0.717, 1.165) is 24.0 Å². The fourth-order valence-corrected chi connectivity index (χ4v) is 4.42. The minimum Gasteiger partial charge on any atom is -0.386 e. The highest BCUT2D eigenvalue weighted by atomic mass is 127. The normalized spacial score (nSPS) is 10.9. The molecule has 0 atom stereocenters. The van der Waals surface area contributed by atoms with Crippen LogP contribution in [0.1, 0.15) is 11.1 Å². The van der Waals surface area contributed by atoms with E-state index in [9.17, 15) is 10.1 Å². The van der Waals surface area contributed by atoms with Gasteiger partial charge in [-0.25, -0.2) is 0 Å². The molecule has 2 N–H and O–H groups in total. The number of rotatable bonds is 4. The van der Waals surface area contributed by atoms with Crippen LogP contribution in [0.25, 0.3) is 6.08 Å². The quantitative estimate of drug-likeness (QED) is 0.332. The molecule has 0 radical (unpaired) electrons. The van der Waals surface area contributed by atoms with Gasteiger partial charge in [-0.15, -0.1) is 0 Å². The molecular weight excluding hydrogens is 528 g/mol. The Balaban J connectivity index is 2.27.